The number of ether oxygens (including phenoxy) is 1. The maximum Gasteiger partial charge on any atom is 0.409 e. The van der Waals surface area contributed by atoms with Crippen molar-refractivity contribution in [2.75, 3.05) is 19.7 Å². The van der Waals surface area contributed by atoms with Gasteiger partial charge in [-0.1, -0.05) is 0 Å². The van der Waals surface area contributed by atoms with Gasteiger partial charge < -0.3 is 9.64 Å². The van der Waals surface area contributed by atoms with Gasteiger partial charge in [0.15, 0.2) is 0 Å². The summed E-state index contributed by atoms with van der Waals surface area (Å²) in [5.74, 6) is -1.98. The molecule has 1 saturated heterocycles. The van der Waals surface area contributed by atoms with E-state index in [1.54, 1.807) is 6.92 Å². The Morgan fingerprint density at radius 2 is 2.00 bits per heavy atom. The molecule has 0 aliphatic carbocycles. The van der Waals surface area contributed by atoms with Gasteiger partial charge in [0, 0.05) is 25.2 Å². The predicted molar refractivity (Wildman–Crippen MR) is 78.3 cm³/mol. The SMILES string of the molecule is CCOC(=O)N1CCC(NS(=O)(=O)c2ccc(F)cc2F)CC1. The minimum Gasteiger partial charge on any atom is -0.450 e. The number of nitrogens with one attached hydrogen (secondary N) is 1. The molecule has 2 rings (SSSR count). The van der Waals surface area contributed by atoms with Crippen LogP contribution >= 0.6 is 0 Å². The van der Waals surface area contributed by atoms with E-state index in [0.29, 0.717) is 32.0 Å². The number of sulfonamides is 1. The van der Waals surface area contributed by atoms with Gasteiger partial charge in [-0.25, -0.2) is 26.7 Å². The Morgan fingerprint density at radius 3 is 2.57 bits per heavy atom. The van der Waals surface area contributed by atoms with Crippen LogP contribution in [0.5, 0.6) is 0 Å². The van der Waals surface area contributed by atoms with E-state index >= 15 is 0 Å². The lowest BCUT2D eigenvalue weighted by molar-refractivity contribution is 0.0966. The molecule has 0 atom stereocenters. The van der Waals surface area contributed by atoms with Gasteiger partial charge >= 0.3 is 6.09 Å². The van der Waals surface area contributed by atoms with Crippen LogP contribution in [-0.4, -0.2) is 45.1 Å². The molecule has 1 aromatic rings. The number of amides is 1. The molecular formula is C14H18F2N2O4S. The number of rotatable bonds is 4. The van der Waals surface area contributed by atoms with Crippen molar-refractivity contribution < 1.29 is 26.7 Å². The largest absolute Gasteiger partial charge is 0.450 e. The fraction of sp³-hybridized carbons (Fsp3) is 0.500. The van der Waals surface area contributed by atoms with Crippen LogP contribution in [0.25, 0.3) is 0 Å². The average Bonchev–Trinajstić information content (AvgIpc) is 2.47. The van der Waals surface area contributed by atoms with Crippen molar-refractivity contribution >= 4 is 16.1 Å². The maximum atomic E-state index is 13.6. The van der Waals surface area contributed by atoms with Gasteiger partial charge in [-0.2, -0.15) is 0 Å². The zero-order valence-corrected chi connectivity index (χ0v) is 13.4. The normalized spacial score (nSPS) is 16.4. The average molecular weight is 348 g/mol. The van der Waals surface area contributed by atoms with Gasteiger partial charge in [-0.15, -0.1) is 0 Å². The topological polar surface area (TPSA) is 75.7 Å². The summed E-state index contributed by atoms with van der Waals surface area (Å²) in [6.45, 7) is 2.67. The van der Waals surface area contributed by atoms with Crippen molar-refractivity contribution in [1.82, 2.24) is 9.62 Å². The number of hydrogen-bond acceptors (Lipinski definition) is 4. The van der Waals surface area contributed by atoms with Gasteiger partial charge in [0.2, 0.25) is 10.0 Å². The van der Waals surface area contributed by atoms with E-state index in [9.17, 15) is 22.0 Å². The highest BCUT2D eigenvalue weighted by Crippen LogP contribution is 2.18. The lowest BCUT2D eigenvalue weighted by Crippen LogP contribution is -2.46. The number of nitrogens with zero attached hydrogens (tertiary/aromatic N) is 1. The molecule has 0 saturated carbocycles. The Balaban J connectivity index is 1.99. The first-order chi connectivity index (χ1) is 10.8. The number of benzene rings is 1. The lowest BCUT2D eigenvalue weighted by Gasteiger charge is -2.31. The van der Waals surface area contributed by atoms with Crippen LogP contribution in [0.3, 0.4) is 0 Å². The summed E-state index contributed by atoms with van der Waals surface area (Å²) in [5, 5.41) is 0. The van der Waals surface area contributed by atoms with Crippen molar-refractivity contribution in [3.8, 4) is 0 Å². The molecule has 0 unspecified atom stereocenters. The molecule has 1 fully saturated rings. The van der Waals surface area contributed by atoms with Crippen molar-refractivity contribution in [3.63, 3.8) is 0 Å². The van der Waals surface area contributed by atoms with E-state index < -0.39 is 38.7 Å². The van der Waals surface area contributed by atoms with Gasteiger partial charge in [-0.3, -0.25) is 0 Å². The van der Waals surface area contributed by atoms with Crippen molar-refractivity contribution in [2.45, 2.75) is 30.7 Å². The number of carbonyl (C=O) groups is 1. The van der Waals surface area contributed by atoms with E-state index in [1.807, 2.05) is 0 Å². The summed E-state index contributed by atoms with van der Waals surface area (Å²) in [7, 11) is -4.08. The molecule has 128 valence electrons. The van der Waals surface area contributed by atoms with Crippen molar-refractivity contribution in [2.24, 2.45) is 0 Å². The Hall–Kier alpha value is -1.74. The number of carbonyl (C=O) groups excluding carboxylic acids is 1. The molecule has 0 radical (unpaired) electrons. The van der Waals surface area contributed by atoms with Crippen LogP contribution < -0.4 is 4.72 Å². The molecule has 1 aliphatic heterocycles. The standard InChI is InChI=1S/C14H18F2N2O4S/c1-2-22-14(19)18-7-5-11(6-8-18)17-23(20,21)13-4-3-10(15)9-12(13)16/h3-4,9,11,17H,2,5-8H2,1H3. The van der Waals surface area contributed by atoms with Crippen molar-refractivity contribution in [3.05, 3.63) is 29.8 Å². The molecule has 23 heavy (non-hydrogen) atoms. The van der Waals surface area contributed by atoms with E-state index in [4.69, 9.17) is 4.74 Å². The van der Waals surface area contributed by atoms with Crippen LogP contribution in [0.15, 0.2) is 23.1 Å². The smallest absolute Gasteiger partial charge is 0.409 e. The van der Waals surface area contributed by atoms with E-state index in [0.717, 1.165) is 12.1 Å². The number of halogens is 2. The zero-order valence-electron chi connectivity index (χ0n) is 12.6. The third-order valence-electron chi connectivity index (χ3n) is 3.53. The maximum absolute atomic E-state index is 13.6. The molecule has 0 spiro atoms. The van der Waals surface area contributed by atoms with Crippen molar-refractivity contribution in [1.29, 1.82) is 0 Å². The van der Waals surface area contributed by atoms with Gasteiger partial charge in [0.05, 0.1) is 6.61 Å². The van der Waals surface area contributed by atoms with E-state index in [2.05, 4.69) is 4.72 Å². The van der Waals surface area contributed by atoms with Gasteiger partial charge in [0.1, 0.15) is 16.5 Å². The second kappa shape index (κ2) is 7.22. The summed E-state index contributed by atoms with van der Waals surface area (Å²) < 4.78 is 58.1. The fourth-order valence-electron chi connectivity index (χ4n) is 2.37. The molecule has 1 N–H and O–H groups in total. The summed E-state index contributed by atoms with van der Waals surface area (Å²) in [6, 6.07) is 1.88. The first-order valence-electron chi connectivity index (χ1n) is 7.22. The van der Waals surface area contributed by atoms with Crippen LogP contribution in [0.2, 0.25) is 0 Å². The minimum absolute atomic E-state index is 0.273. The summed E-state index contributed by atoms with van der Waals surface area (Å²) >= 11 is 0. The molecule has 6 nitrogen and oxygen atoms in total. The summed E-state index contributed by atoms with van der Waals surface area (Å²) in [5.41, 5.74) is 0. The summed E-state index contributed by atoms with van der Waals surface area (Å²) in [4.78, 5) is 12.5. The van der Waals surface area contributed by atoms with Crippen LogP contribution in [0.1, 0.15) is 19.8 Å². The molecule has 0 bridgehead atoms. The molecule has 9 heteroatoms. The second-order valence-corrected chi connectivity index (χ2v) is 6.84. The molecule has 1 aliphatic rings. The highest BCUT2D eigenvalue weighted by atomic mass is 32.2. The highest BCUT2D eigenvalue weighted by Gasteiger charge is 2.28. The fourth-order valence-corrected chi connectivity index (χ4v) is 3.74. The van der Waals surface area contributed by atoms with Gasteiger partial charge in [0.25, 0.3) is 0 Å². The highest BCUT2D eigenvalue weighted by molar-refractivity contribution is 7.89. The third kappa shape index (κ3) is 4.38. The quantitative estimate of drug-likeness (QED) is 0.901. The Morgan fingerprint density at radius 1 is 1.35 bits per heavy atom. The minimum atomic E-state index is -4.08. The monoisotopic (exact) mass is 348 g/mol. The number of piperidine rings is 1. The molecule has 1 amide bonds. The predicted octanol–water partition coefficient (Wildman–Crippen LogP) is 1.86. The Labute approximate surface area is 133 Å². The lowest BCUT2D eigenvalue weighted by atomic mass is 10.1. The number of hydrogen-bond donors (Lipinski definition) is 1. The molecular weight excluding hydrogens is 330 g/mol. The van der Waals surface area contributed by atoms with E-state index in [-0.39, 0.29) is 6.61 Å². The van der Waals surface area contributed by atoms with Gasteiger partial charge in [-0.05, 0) is 31.9 Å². The Kier molecular flexibility index (Phi) is 5.53. The van der Waals surface area contributed by atoms with Crippen LogP contribution in [-0.2, 0) is 14.8 Å². The second-order valence-electron chi connectivity index (χ2n) is 5.16. The van der Waals surface area contributed by atoms with Crippen LogP contribution in [0, 0.1) is 11.6 Å². The number of likely N-dealkylation sites (tertiary alicyclic amines) is 1. The molecule has 1 aromatic carbocycles. The van der Waals surface area contributed by atoms with E-state index in [1.165, 1.54) is 4.90 Å². The first-order valence-corrected chi connectivity index (χ1v) is 8.71. The zero-order chi connectivity index (χ0) is 17.0. The first kappa shape index (κ1) is 17.6. The third-order valence-corrected chi connectivity index (χ3v) is 5.08. The summed E-state index contributed by atoms with van der Waals surface area (Å²) in [6.07, 6.45) is 0.347. The van der Waals surface area contributed by atoms with Crippen LogP contribution in [0.4, 0.5) is 13.6 Å². The molecule has 0 aromatic heterocycles. The Bertz CT molecular complexity index is 673. The molecule has 1 heterocycles.